The van der Waals surface area contributed by atoms with Crippen molar-refractivity contribution in [2.45, 2.75) is 12.3 Å². The van der Waals surface area contributed by atoms with Gasteiger partial charge in [0.2, 0.25) is 0 Å². The summed E-state index contributed by atoms with van der Waals surface area (Å²) in [5.41, 5.74) is 5.51. The number of benzene rings is 2. The smallest absolute Gasteiger partial charge is 0.407 e. The number of amides is 1. The van der Waals surface area contributed by atoms with E-state index in [9.17, 15) is 4.79 Å². The molecule has 0 saturated carbocycles. The molecule has 8 heteroatoms. The first-order valence-electron chi connectivity index (χ1n) is 10.8. The van der Waals surface area contributed by atoms with Gasteiger partial charge in [-0.1, -0.05) is 72.0 Å². The fourth-order valence-electron chi connectivity index (χ4n) is 3.98. The third kappa shape index (κ3) is 4.63. The maximum absolute atomic E-state index is 12.2. The Morgan fingerprint density at radius 3 is 2.47 bits per heavy atom. The van der Waals surface area contributed by atoms with Gasteiger partial charge in [-0.25, -0.2) is 9.48 Å². The number of carbonyl (C=O) groups is 1. The lowest BCUT2D eigenvalue weighted by Crippen LogP contribution is -2.26. The van der Waals surface area contributed by atoms with E-state index in [0.29, 0.717) is 23.9 Å². The lowest BCUT2D eigenvalue weighted by molar-refractivity contribution is 0.143. The lowest BCUT2D eigenvalue weighted by Gasteiger charge is -2.14. The minimum atomic E-state index is -0.446. The second-order valence-electron chi connectivity index (χ2n) is 7.69. The maximum atomic E-state index is 12.2. The molecule has 1 aliphatic carbocycles. The van der Waals surface area contributed by atoms with Crippen molar-refractivity contribution in [2.24, 2.45) is 0 Å². The summed E-state index contributed by atoms with van der Waals surface area (Å²) in [6.07, 6.45) is 3.43. The van der Waals surface area contributed by atoms with Crippen LogP contribution in [0, 0.1) is 11.8 Å². The number of alkyl carbamates (subject to hydrolysis) is 1. The molecule has 0 radical (unpaired) electrons. The second-order valence-corrected chi connectivity index (χ2v) is 8.08. The molecular formula is C26H20ClN5O2. The molecule has 5 rings (SSSR count). The summed E-state index contributed by atoms with van der Waals surface area (Å²) < 4.78 is 7.10. The molecule has 2 aromatic carbocycles. The molecule has 0 spiro atoms. The number of rotatable bonds is 5. The van der Waals surface area contributed by atoms with E-state index in [-0.39, 0.29) is 12.5 Å². The number of halogens is 1. The van der Waals surface area contributed by atoms with Gasteiger partial charge in [-0.2, -0.15) is 5.10 Å². The zero-order chi connectivity index (χ0) is 23.3. The highest BCUT2D eigenvalue weighted by atomic mass is 35.5. The normalized spacial score (nSPS) is 11.8. The Morgan fingerprint density at radius 1 is 1.03 bits per heavy atom. The van der Waals surface area contributed by atoms with Gasteiger partial charge in [0.05, 0.1) is 11.8 Å². The Bertz CT molecular complexity index is 1340. The van der Waals surface area contributed by atoms with Crippen LogP contribution in [-0.4, -0.2) is 39.2 Å². The number of aromatic nitrogens is 4. The Hall–Kier alpha value is -4.15. The molecular weight excluding hydrogens is 450 g/mol. The van der Waals surface area contributed by atoms with Gasteiger partial charge in [0, 0.05) is 25.1 Å². The molecule has 7 nitrogen and oxygen atoms in total. The number of ether oxygens (including phenoxy) is 1. The molecule has 4 aromatic rings. The summed E-state index contributed by atoms with van der Waals surface area (Å²) in [4.78, 5) is 12.2. The van der Waals surface area contributed by atoms with E-state index in [1.165, 1.54) is 22.3 Å². The van der Waals surface area contributed by atoms with E-state index in [1.54, 1.807) is 29.2 Å². The Labute approximate surface area is 201 Å². The van der Waals surface area contributed by atoms with E-state index in [4.69, 9.17) is 16.3 Å². The van der Waals surface area contributed by atoms with Crippen LogP contribution in [0.3, 0.4) is 0 Å². The quantitative estimate of drug-likeness (QED) is 0.341. The van der Waals surface area contributed by atoms with Crippen LogP contribution in [0.4, 0.5) is 4.79 Å². The highest BCUT2D eigenvalue weighted by Crippen LogP contribution is 2.44. The van der Waals surface area contributed by atoms with Gasteiger partial charge in [0.1, 0.15) is 6.61 Å². The molecule has 0 unspecified atom stereocenters. The van der Waals surface area contributed by atoms with E-state index >= 15 is 0 Å². The molecule has 1 amide bonds. The summed E-state index contributed by atoms with van der Waals surface area (Å²) in [6.45, 7) is 0.679. The molecule has 34 heavy (non-hydrogen) atoms. The topological polar surface area (TPSA) is 81.9 Å². The van der Waals surface area contributed by atoms with Crippen molar-refractivity contribution < 1.29 is 9.53 Å². The first kappa shape index (κ1) is 21.7. The van der Waals surface area contributed by atoms with E-state index in [0.717, 1.165) is 5.56 Å². The third-order valence-electron chi connectivity index (χ3n) is 5.53. The zero-order valence-electron chi connectivity index (χ0n) is 18.1. The van der Waals surface area contributed by atoms with Gasteiger partial charge < -0.3 is 10.1 Å². The largest absolute Gasteiger partial charge is 0.449 e. The first-order chi connectivity index (χ1) is 16.7. The molecule has 0 aliphatic heterocycles. The summed E-state index contributed by atoms with van der Waals surface area (Å²) in [5, 5.41) is 15.1. The van der Waals surface area contributed by atoms with Crippen LogP contribution >= 0.6 is 11.6 Å². The lowest BCUT2D eigenvalue weighted by atomic mass is 9.98. The van der Waals surface area contributed by atoms with Crippen LogP contribution in [0.2, 0.25) is 5.15 Å². The van der Waals surface area contributed by atoms with Crippen molar-refractivity contribution in [3.63, 3.8) is 0 Å². The number of nitrogens with zero attached hydrogens (tertiary/aromatic N) is 4. The number of nitrogens with one attached hydrogen (secondary N) is 1. The molecule has 1 N–H and O–H groups in total. The van der Waals surface area contributed by atoms with Gasteiger partial charge in [0.25, 0.3) is 0 Å². The highest BCUT2D eigenvalue weighted by Gasteiger charge is 2.28. The second kappa shape index (κ2) is 9.77. The molecule has 0 bridgehead atoms. The van der Waals surface area contributed by atoms with Gasteiger partial charge in [-0.05, 0) is 34.4 Å². The molecule has 0 fully saturated rings. The molecule has 2 aromatic heterocycles. The van der Waals surface area contributed by atoms with Crippen LogP contribution in [-0.2, 0) is 4.74 Å². The summed E-state index contributed by atoms with van der Waals surface area (Å²) in [7, 11) is 0. The van der Waals surface area contributed by atoms with Crippen molar-refractivity contribution in [3.05, 3.63) is 94.9 Å². The molecule has 168 valence electrons. The molecule has 0 saturated heterocycles. The van der Waals surface area contributed by atoms with Crippen molar-refractivity contribution >= 4 is 17.7 Å². The van der Waals surface area contributed by atoms with Crippen molar-refractivity contribution in [3.8, 4) is 28.8 Å². The van der Waals surface area contributed by atoms with Crippen molar-refractivity contribution in [2.75, 3.05) is 13.2 Å². The fraction of sp³-hybridized carbons (Fsp3) is 0.154. The van der Waals surface area contributed by atoms with Gasteiger partial charge in [-0.15, -0.1) is 10.2 Å². The predicted molar refractivity (Wildman–Crippen MR) is 129 cm³/mol. The summed E-state index contributed by atoms with van der Waals surface area (Å²) >= 11 is 5.75. The van der Waals surface area contributed by atoms with Crippen LogP contribution in [0.25, 0.3) is 16.9 Å². The van der Waals surface area contributed by atoms with Crippen LogP contribution in [0.1, 0.15) is 29.0 Å². The average Bonchev–Trinajstić information content (AvgIpc) is 3.46. The summed E-state index contributed by atoms with van der Waals surface area (Å²) in [6, 6.07) is 19.9. The molecule has 2 heterocycles. The van der Waals surface area contributed by atoms with Gasteiger partial charge >= 0.3 is 6.09 Å². The zero-order valence-corrected chi connectivity index (χ0v) is 18.9. The highest BCUT2D eigenvalue weighted by molar-refractivity contribution is 6.29. The molecule has 1 aliphatic rings. The van der Waals surface area contributed by atoms with Crippen molar-refractivity contribution in [1.82, 2.24) is 25.3 Å². The van der Waals surface area contributed by atoms with Gasteiger partial charge in [0.15, 0.2) is 11.0 Å². The minimum absolute atomic E-state index is 0.0415. The Balaban J connectivity index is 1.11. The van der Waals surface area contributed by atoms with E-state index in [2.05, 4.69) is 56.7 Å². The number of hydrogen-bond acceptors (Lipinski definition) is 5. The maximum Gasteiger partial charge on any atom is 0.407 e. The number of carbonyl (C=O) groups excluding carboxylic acids is 1. The van der Waals surface area contributed by atoms with Crippen molar-refractivity contribution in [1.29, 1.82) is 0 Å². The SMILES string of the molecule is O=C(NCCC#Cc1cnn(-c2ccc(Cl)nn2)c1)OCC1c2ccccc2-c2ccccc21. The summed E-state index contributed by atoms with van der Waals surface area (Å²) in [5.74, 6) is 6.63. The van der Waals surface area contributed by atoms with E-state index in [1.807, 2.05) is 24.3 Å². The average molecular weight is 470 g/mol. The number of fused-ring (bicyclic) bond motifs is 3. The van der Waals surface area contributed by atoms with E-state index < -0.39 is 6.09 Å². The Kier molecular flexibility index (Phi) is 6.23. The van der Waals surface area contributed by atoms with Crippen LogP contribution < -0.4 is 5.32 Å². The van der Waals surface area contributed by atoms with Gasteiger partial charge in [-0.3, -0.25) is 0 Å². The van der Waals surface area contributed by atoms with Crippen LogP contribution in [0.5, 0.6) is 0 Å². The monoisotopic (exact) mass is 469 g/mol. The first-order valence-corrected chi connectivity index (χ1v) is 11.2. The fourth-order valence-corrected chi connectivity index (χ4v) is 4.09. The third-order valence-corrected chi connectivity index (χ3v) is 5.73. The standard InChI is InChI=1S/C26H20ClN5O2/c27-24-12-13-25(31-30-24)32-16-18(15-29-32)7-5-6-14-28-26(33)34-17-23-21-10-3-1-8-19(21)20-9-2-4-11-22(20)23/h1-4,8-13,15-16,23H,6,14,17H2,(H,28,33). The predicted octanol–water partition coefficient (Wildman–Crippen LogP) is 4.60. The Morgan fingerprint density at radius 2 is 1.76 bits per heavy atom. The van der Waals surface area contributed by atoms with Crippen LogP contribution in [0.15, 0.2) is 73.1 Å². The number of hydrogen-bond donors (Lipinski definition) is 1. The minimum Gasteiger partial charge on any atom is -0.449 e. The molecule has 0 atom stereocenters.